The van der Waals surface area contributed by atoms with E-state index in [-0.39, 0.29) is 6.54 Å². The molecular formula is C17H21NO3. The fourth-order valence-corrected chi connectivity index (χ4v) is 2.48. The van der Waals surface area contributed by atoms with Crippen LogP contribution in [0.25, 0.3) is 10.8 Å². The molecule has 0 aliphatic carbocycles. The first-order chi connectivity index (χ1) is 10.1. The fourth-order valence-electron chi connectivity index (χ4n) is 2.48. The number of ether oxygens (including phenoxy) is 1. The van der Waals surface area contributed by atoms with Gasteiger partial charge >= 0.3 is 5.97 Å². The molecule has 0 radical (unpaired) electrons. The SMILES string of the molecule is CCCN(CC(=O)O)Cc1ccc2cc(OC)ccc2c1. The van der Waals surface area contributed by atoms with Gasteiger partial charge in [-0.15, -0.1) is 0 Å². The van der Waals surface area contributed by atoms with Crippen LogP contribution in [0.15, 0.2) is 36.4 Å². The molecular weight excluding hydrogens is 266 g/mol. The van der Waals surface area contributed by atoms with Crippen molar-refractivity contribution in [2.45, 2.75) is 19.9 Å². The maximum atomic E-state index is 10.9. The molecule has 0 saturated carbocycles. The number of fused-ring (bicyclic) bond motifs is 1. The molecule has 4 nitrogen and oxygen atoms in total. The zero-order valence-corrected chi connectivity index (χ0v) is 12.5. The smallest absolute Gasteiger partial charge is 0.317 e. The number of carboxylic acids is 1. The Hall–Kier alpha value is -2.07. The highest BCUT2D eigenvalue weighted by Gasteiger charge is 2.09. The van der Waals surface area contributed by atoms with Crippen LogP contribution < -0.4 is 4.74 Å². The summed E-state index contributed by atoms with van der Waals surface area (Å²) in [6.07, 6.45) is 0.943. The monoisotopic (exact) mass is 287 g/mol. The third-order valence-electron chi connectivity index (χ3n) is 3.42. The van der Waals surface area contributed by atoms with E-state index in [1.807, 2.05) is 29.2 Å². The van der Waals surface area contributed by atoms with Gasteiger partial charge < -0.3 is 9.84 Å². The first-order valence-corrected chi connectivity index (χ1v) is 7.13. The largest absolute Gasteiger partial charge is 0.497 e. The molecule has 0 spiro atoms. The topological polar surface area (TPSA) is 49.8 Å². The molecule has 0 atom stereocenters. The van der Waals surface area contributed by atoms with Crippen molar-refractivity contribution in [1.29, 1.82) is 0 Å². The average Bonchev–Trinajstić information content (AvgIpc) is 2.46. The van der Waals surface area contributed by atoms with Crippen molar-refractivity contribution in [3.63, 3.8) is 0 Å². The minimum atomic E-state index is -0.783. The number of rotatable bonds is 7. The van der Waals surface area contributed by atoms with E-state index in [1.165, 1.54) is 0 Å². The third kappa shape index (κ3) is 4.20. The highest BCUT2D eigenvalue weighted by Crippen LogP contribution is 2.22. The van der Waals surface area contributed by atoms with Crippen molar-refractivity contribution in [2.24, 2.45) is 0 Å². The van der Waals surface area contributed by atoms with E-state index >= 15 is 0 Å². The number of nitrogens with zero attached hydrogens (tertiary/aromatic N) is 1. The summed E-state index contributed by atoms with van der Waals surface area (Å²) in [6, 6.07) is 12.2. The average molecular weight is 287 g/mol. The Balaban J connectivity index is 2.19. The van der Waals surface area contributed by atoms with Crippen molar-refractivity contribution in [1.82, 2.24) is 4.90 Å². The summed E-state index contributed by atoms with van der Waals surface area (Å²) in [7, 11) is 1.66. The van der Waals surface area contributed by atoms with Gasteiger partial charge in [-0.2, -0.15) is 0 Å². The molecule has 0 bridgehead atoms. The van der Waals surface area contributed by atoms with E-state index in [0.717, 1.165) is 35.1 Å². The molecule has 4 heteroatoms. The maximum Gasteiger partial charge on any atom is 0.317 e. The Kier molecular flexibility index (Phi) is 5.17. The van der Waals surface area contributed by atoms with Crippen molar-refractivity contribution < 1.29 is 14.6 Å². The third-order valence-corrected chi connectivity index (χ3v) is 3.42. The molecule has 0 aliphatic rings. The molecule has 0 amide bonds. The molecule has 0 saturated heterocycles. The summed E-state index contributed by atoms with van der Waals surface area (Å²) in [4.78, 5) is 12.9. The molecule has 21 heavy (non-hydrogen) atoms. The van der Waals surface area contributed by atoms with Gasteiger partial charge in [-0.3, -0.25) is 9.69 Å². The fraction of sp³-hybridized carbons (Fsp3) is 0.353. The Morgan fingerprint density at radius 3 is 2.57 bits per heavy atom. The summed E-state index contributed by atoms with van der Waals surface area (Å²) in [6.45, 7) is 3.57. The molecule has 0 unspecified atom stereocenters. The van der Waals surface area contributed by atoms with Crippen molar-refractivity contribution in [3.8, 4) is 5.75 Å². The standard InChI is InChI=1S/C17H21NO3/c1-3-8-18(12-17(19)20)11-13-4-5-15-10-16(21-2)7-6-14(15)9-13/h4-7,9-10H,3,8,11-12H2,1-2H3,(H,19,20). The molecule has 0 aromatic heterocycles. The summed E-state index contributed by atoms with van der Waals surface area (Å²) < 4.78 is 5.22. The first-order valence-electron chi connectivity index (χ1n) is 7.13. The van der Waals surface area contributed by atoms with E-state index in [2.05, 4.69) is 19.1 Å². The lowest BCUT2D eigenvalue weighted by Crippen LogP contribution is -2.30. The van der Waals surface area contributed by atoms with Gasteiger partial charge in [0, 0.05) is 6.54 Å². The van der Waals surface area contributed by atoms with E-state index < -0.39 is 5.97 Å². The minimum absolute atomic E-state index is 0.0779. The van der Waals surface area contributed by atoms with E-state index in [0.29, 0.717) is 6.54 Å². The van der Waals surface area contributed by atoms with Gasteiger partial charge in [-0.1, -0.05) is 25.1 Å². The van der Waals surface area contributed by atoms with E-state index in [4.69, 9.17) is 9.84 Å². The number of carboxylic acid groups (broad SMARTS) is 1. The number of benzene rings is 2. The Morgan fingerprint density at radius 2 is 1.90 bits per heavy atom. The Bertz CT molecular complexity index is 624. The van der Waals surface area contributed by atoms with Crippen LogP contribution in [0.4, 0.5) is 0 Å². The van der Waals surface area contributed by atoms with Gasteiger partial charge in [0.15, 0.2) is 0 Å². The molecule has 0 aliphatic heterocycles. The van der Waals surface area contributed by atoms with E-state index in [1.54, 1.807) is 7.11 Å². The molecule has 112 valence electrons. The zero-order chi connectivity index (χ0) is 15.2. The predicted molar refractivity (Wildman–Crippen MR) is 83.7 cm³/mol. The lowest BCUT2D eigenvalue weighted by Gasteiger charge is -2.19. The van der Waals surface area contributed by atoms with Crippen LogP contribution in [0, 0.1) is 0 Å². The van der Waals surface area contributed by atoms with Gasteiger partial charge in [-0.05, 0) is 47.5 Å². The quantitative estimate of drug-likeness (QED) is 0.850. The number of methoxy groups -OCH3 is 1. The van der Waals surface area contributed by atoms with Crippen LogP contribution in [0.3, 0.4) is 0 Å². The molecule has 1 N–H and O–H groups in total. The second kappa shape index (κ2) is 7.09. The lowest BCUT2D eigenvalue weighted by atomic mass is 10.1. The number of hydrogen-bond donors (Lipinski definition) is 1. The summed E-state index contributed by atoms with van der Waals surface area (Å²) in [5.74, 6) is 0.0581. The normalized spacial score (nSPS) is 11.0. The van der Waals surface area contributed by atoms with Gasteiger partial charge in [-0.25, -0.2) is 0 Å². The number of carbonyl (C=O) groups is 1. The predicted octanol–water partition coefficient (Wildman–Crippen LogP) is 3.15. The second-order valence-corrected chi connectivity index (χ2v) is 5.15. The minimum Gasteiger partial charge on any atom is -0.497 e. The maximum absolute atomic E-state index is 10.9. The zero-order valence-electron chi connectivity index (χ0n) is 12.5. The van der Waals surface area contributed by atoms with Gasteiger partial charge in [0.05, 0.1) is 13.7 Å². The lowest BCUT2D eigenvalue weighted by molar-refractivity contribution is -0.138. The highest BCUT2D eigenvalue weighted by atomic mass is 16.5. The van der Waals surface area contributed by atoms with Crippen LogP contribution in [-0.4, -0.2) is 36.2 Å². The number of aliphatic carboxylic acids is 1. The van der Waals surface area contributed by atoms with Crippen LogP contribution in [0.1, 0.15) is 18.9 Å². The van der Waals surface area contributed by atoms with Crippen molar-refractivity contribution in [3.05, 3.63) is 42.0 Å². The first kappa shape index (κ1) is 15.3. The van der Waals surface area contributed by atoms with Gasteiger partial charge in [0.25, 0.3) is 0 Å². The van der Waals surface area contributed by atoms with Crippen LogP contribution >= 0.6 is 0 Å². The second-order valence-electron chi connectivity index (χ2n) is 5.15. The molecule has 0 fully saturated rings. The highest BCUT2D eigenvalue weighted by molar-refractivity contribution is 5.84. The van der Waals surface area contributed by atoms with Gasteiger partial charge in [0.2, 0.25) is 0 Å². The molecule has 2 aromatic carbocycles. The van der Waals surface area contributed by atoms with E-state index in [9.17, 15) is 4.79 Å². The molecule has 2 rings (SSSR count). The Morgan fingerprint density at radius 1 is 1.19 bits per heavy atom. The summed E-state index contributed by atoms with van der Waals surface area (Å²) >= 11 is 0. The van der Waals surface area contributed by atoms with Gasteiger partial charge in [0.1, 0.15) is 5.75 Å². The molecule has 2 aromatic rings. The summed E-state index contributed by atoms with van der Waals surface area (Å²) in [5.41, 5.74) is 1.13. The van der Waals surface area contributed by atoms with Crippen molar-refractivity contribution >= 4 is 16.7 Å². The van der Waals surface area contributed by atoms with Crippen LogP contribution in [0.5, 0.6) is 5.75 Å². The van der Waals surface area contributed by atoms with Crippen molar-refractivity contribution in [2.75, 3.05) is 20.2 Å². The Labute approximate surface area is 124 Å². The van der Waals surface area contributed by atoms with Crippen LogP contribution in [-0.2, 0) is 11.3 Å². The summed E-state index contributed by atoms with van der Waals surface area (Å²) in [5, 5.41) is 11.2. The van der Waals surface area contributed by atoms with Crippen LogP contribution in [0.2, 0.25) is 0 Å². The molecule has 0 heterocycles. The number of hydrogen-bond acceptors (Lipinski definition) is 3.